The van der Waals surface area contributed by atoms with Gasteiger partial charge < -0.3 is 14.8 Å². The summed E-state index contributed by atoms with van der Waals surface area (Å²) in [4.78, 5) is 31.1. The van der Waals surface area contributed by atoms with Crippen LogP contribution in [-0.2, 0) is 11.8 Å². The first-order valence-corrected chi connectivity index (χ1v) is 11.7. The summed E-state index contributed by atoms with van der Waals surface area (Å²) in [6, 6.07) is 15.8. The van der Waals surface area contributed by atoms with E-state index >= 15 is 0 Å². The van der Waals surface area contributed by atoms with Crippen LogP contribution >= 0.6 is 0 Å². The van der Waals surface area contributed by atoms with Crippen molar-refractivity contribution in [2.24, 2.45) is 7.05 Å². The number of aromatic nitrogens is 4. The van der Waals surface area contributed by atoms with E-state index in [0.29, 0.717) is 30.0 Å². The maximum atomic E-state index is 13.9. The molecule has 8 nitrogen and oxygen atoms in total. The first-order chi connectivity index (χ1) is 17.5. The minimum atomic E-state index is -0.293. The van der Waals surface area contributed by atoms with Crippen molar-refractivity contribution < 1.29 is 14.0 Å². The average molecular weight is 483 g/mol. The lowest BCUT2D eigenvalue weighted by molar-refractivity contribution is -0.105. The van der Waals surface area contributed by atoms with Crippen molar-refractivity contribution >= 4 is 34.7 Å². The topological polar surface area (TPSA) is 84.5 Å². The van der Waals surface area contributed by atoms with E-state index in [-0.39, 0.29) is 17.8 Å². The fourth-order valence-corrected chi connectivity index (χ4v) is 5.12. The van der Waals surface area contributed by atoms with Gasteiger partial charge in [-0.2, -0.15) is 0 Å². The molecule has 1 fully saturated rings. The Hall–Kier alpha value is -4.53. The number of amides is 2. The van der Waals surface area contributed by atoms with E-state index in [0.717, 1.165) is 40.6 Å². The van der Waals surface area contributed by atoms with E-state index in [1.165, 1.54) is 12.1 Å². The number of halogens is 1. The van der Waals surface area contributed by atoms with E-state index in [1.54, 1.807) is 22.8 Å². The van der Waals surface area contributed by atoms with Gasteiger partial charge in [-0.1, -0.05) is 18.2 Å². The molecule has 9 heteroatoms. The van der Waals surface area contributed by atoms with Crippen LogP contribution in [0.25, 0.3) is 27.8 Å². The second-order valence-corrected chi connectivity index (χ2v) is 9.00. The van der Waals surface area contributed by atoms with Gasteiger partial charge >= 0.3 is 0 Å². The van der Waals surface area contributed by atoms with Gasteiger partial charge in [-0.05, 0) is 48.7 Å². The van der Waals surface area contributed by atoms with E-state index < -0.39 is 0 Å². The molecule has 0 saturated carbocycles. The third kappa shape index (κ3) is 3.69. The summed E-state index contributed by atoms with van der Waals surface area (Å²) >= 11 is 0. The first-order valence-electron chi connectivity index (χ1n) is 11.7. The Bertz CT molecular complexity index is 1640. The van der Waals surface area contributed by atoms with Crippen LogP contribution in [0.3, 0.4) is 0 Å². The van der Waals surface area contributed by atoms with Gasteiger partial charge in [-0.15, -0.1) is 5.10 Å². The molecular formula is C27H23FN6O2. The SMILES string of the molecule is Cn1cc(C(=O)N2CCCC2c2cccc(F)c2)c2cc(-c3ccn4nc(NC=O)cc4n3)ccc21. The number of carbonyl (C=O) groups is 2. The molecule has 2 aromatic carbocycles. The molecule has 4 heterocycles. The number of carbonyl (C=O) groups excluding carboxylic acids is 2. The van der Waals surface area contributed by atoms with Gasteiger partial charge in [0.15, 0.2) is 11.5 Å². The summed E-state index contributed by atoms with van der Waals surface area (Å²) in [5.74, 6) is 0.0612. The highest BCUT2D eigenvalue weighted by Crippen LogP contribution is 2.35. The van der Waals surface area contributed by atoms with Crippen LogP contribution in [0.4, 0.5) is 10.2 Å². The normalized spacial score (nSPS) is 15.6. The van der Waals surface area contributed by atoms with Crippen LogP contribution in [0, 0.1) is 5.82 Å². The van der Waals surface area contributed by atoms with Crippen molar-refractivity contribution in [2.45, 2.75) is 18.9 Å². The number of aryl methyl sites for hydroxylation is 1. The van der Waals surface area contributed by atoms with Gasteiger partial charge in [-0.25, -0.2) is 13.9 Å². The molecule has 180 valence electrons. The molecule has 2 amide bonds. The minimum Gasteiger partial charge on any atom is -0.350 e. The fourth-order valence-electron chi connectivity index (χ4n) is 5.12. The third-order valence-electron chi connectivity index (χ3n) is 6.79. The third-order valence-corrected chi connectivity index (χ3v) is 6.79. The first kappa shape index (κ1) is 22.0. The van der Waals surface area contributed by atoms with Gasteiger partial charge in [0.1, 0.15) is 5.82 Å². The number of hydrogen-bond acceptors (Lipinski definition) is 4. The predicted octanol–water partition coefficient (Wildman–Crippen LogP) is 4.57. The number of nitrogens with one attached hydrogen (secondary N) is 1. The summed E-state index contributed by atoms with van der Waals surface area (Å²) in [5, 5.41) is 7.61. The van der Waals surface area contributed by atoms with E-state index in [9.17, 15) is 14.0 Å². The molecule has 1 N–H and O–H groups in total. The van der Waals surface area contributed by atoms with Gasteiger partial charge in [0.25, 0.3) is 5.91 Å². The van der Waals surface area contributed by atoms with Crippen LogP contribution in [0.5, 0.6) is 0 Å². The predicted molar refractivity (Wildman–Crippen MR) is 134 cm³/mol. The fraction of sp³-hybridized carbons (Fsp3) is 0.185. The zero-order valence-electron chi connectivity index (χ0n) is 19.6. The number of hydrogen-bond donors (Lipinski definition) is 1. The van der Waals surface area contributed by atoms with Gasteiger partial charge in [0.2, 0.25) is 6.41 Å². The molecule has 1 aliphatic rings. The van der Waals surface area contributed by atoms with Gasteiger partial charge in [0, 0.05) is 48.5 Å². The molecule has 36 heavy (non-hydrogen) atoms. The van der Waals surface area contributed by atoms with Crippen molar-refractivity contribution in [1.82, 2.24) is 24.1 Å². The number of likely N-dealkylation sites (tertiary alicyclic amines) is 1. The highest BCUT2D eigenvalue weighted by atomic mass is 19.1. The maximum Gasteiger partial charge on any atom is 0.256 e. The number of rotatable bonds is 5. The highest BCUT2D eigenvalue weighted by Gasteiger charge is 2.32. The molecule has 0 aliphatic carbocycles. The zero-order chi connectivity index (χ0) is 24.8. The molecule has 1 aliphatic heterocycles. The molecule has 5 aromatic rings. The lowest BCUT2D eigenvalue weighted by Crippen LogP contribution is -2.30. The Labute approximate surface area is 206 Å². The molecule has 1 saturated heterocycles. The number of nitrogens with zero attached hydrogens (tertiary/aromatic N) is 5. The monoisotopic (exact) mass is 482 g/mol. The smallest absolute Gasteiger partial charge is 0.256 e. The summed E-state index contributed by atoms with van der Waals surface area (Å²) in [6.45, 7) is 0.632. The Kier molecular flexibility index (Phi) is 5.25. The minimum absolute atomic E-state index is 0.0618. The molecule has 6 rings (SSSR count). The number of anilines is 1. The van der Waals surface area contributed by atoms with Crippen molar-refractivity contribution in [2.75, 3.05) is 11.9 Å². The standard InChI is InChI=1S/C27H23FN6O2/c1-32-15-21(27(36)33-10-3-6-23(33)18-4-2-5-19(28)12-18)20-13-17(7-8-24(20)32)22-9-11-34-26(30-22)14-25(31-34)29-16-35/h2,4-5,7-9,11-16,23H,3,6,10H2,1H3,(H,29,31,35). The molecular weight excluding hydrogens is 459 g/mol. The molecule has 1 atom stereocenters. The molecule has 0 bridgehead atoms. The summed E-state index contributed by atoms with van der Waals surface area (Å²) in [6.07, 6.45) is 5.90. The summed E-state index contributed by atoms with van der Waals surface area (Å²) < 4.78 is 17.4. The van der Waals surface area contributed by atoms with Crippen molar-refractivity contribution in [3.05, 3.63) is 83.9 Å². The van der Waals surface area contributed by atoms with Crippen LogP contribution in [0.2, 0.25) is 0 Å². The number of fused-ring (bicyclic) bond motifs is 2. The lowest BCUT2D eigenvalue weighted by atomic mass is 10.0. The highest BCUT2D eigenvalue weighted by molar-refractivity contribution is 6.08. The summed E-state index contributed by atoms with van der Waals surface area (Å²) in [7, 11) is 1.92. The van der Waals surface area contributed by atoms with Crippen molar-refractivity contribution in [3.63, 3.8) is 0 Å². The summed E-state index contributed by atoms with van der Waals surface area (Å²) in [5.41, 5.74) is 4.55. The quantitative estimate of drug-likeness (QED) is 0.372. The zero-order valence-corrected chi connectivity index (χ0v) is 19.6. The van der Waals surface area contributed by atoms with E-state index in [2.05, 4.69) is 15.4 Å². The largest absolute Gasteiger partial charge is 0.350 e. The van der Waals surface area contributed by atoms with Crippen LogP contribution in [0.1, 0.15) is 34.8 Å². The Balaban J connectivity index is 1.38. The van der Waals surface area contributed by atoms with E-state index in [4.69, 9.17) is 0 Å². The van der Waals surface area contributed by atoms with Gasteiger partial charge in [0.05, 0.1) is 17.3 Å². The lowest BCUT2D eigenvalue weighted by Gasteiger charge is -2.25. The molecule has 1 unspecified atom stereocenters. The van der Waals surface area contributed by atoms with Crippen LogP contribution in [0.15, 0.2) is 67.0 Å². The van der Waals surface area contributed by atoms with E-state index in [1.807, 2.05) is 53.0 Å². The Morgan fingerprint density at radius 3 is 2.89 bits per heavy atom. The van der Waals surface area contributed by atoms with Crippen LogP contribution < -0.4 is 5.32 Å². The maximum absolute atomic E-state index is 13.9. The molecule has 0 radical (unpaired) electrons. The van der Waals surface area contributed by atoms with Crippen molar-refractivity contribution in [3.8, 4) is 11.3 Å². The average Bonchev–Trinajstić information content (AvgIpc) is 3.60. The second kappa shape index (κ2) is 8.60. The molecule has 3 aromatic heterocycles. The van der Waals surface area contributed by atoms with Crippen molar-refractivity contribution in [1.29, 1.82) is 0 Å². The molecule has 0 spiro atoms. The van der Waals surface area contributed by atoms with Crippen LogP contribution in [-0.4, -0.2) is 42.9 Å². The Morgan fingerprint density at radius 1 is 1.17 bits per heavy atom. The number of benzene rings is 2. The Morgan fingerprint density at radius 2 is 2.06 bits per heavy atom. The second-order valence-electron chi connectivity index (χ2n) is 9.00. The van der Waals surface area contributed by atoms with Gasteiger partial charge in [-0.3, -0.25) is 9.59 Å².